The average Bonchev–Trinajstić information content (AvgIpc) is 3.40. The smallest absolute Gasteiger partial charge is 0.262 e. The van der Waals surface area contributed by atoms with Crippen LogP contribution in [0.1, 0.15) is 19.3 Å². The van der Waals surface area contributed by atoms with Gasteiger partial charge in [-0.1, -0.05) is 6.07 Å². The van der Waals surface area contributed by atoms with Crippen molar-refractivity contribution in [2.75, 3.05) is 18.4 Å². The number of nitrogens with one attached hydrogen (secondary N) is 1. The molecular formula is C19H20N4O4S2. The summed E-state index contributed by atoms with van der Waals surface area (Å²) >= 11 is 1.39. The quantitative estimate of drug-likeness (QED) is 0.644. The predicted octanol–water partition coefficient (Wildman–Crippen LogP) is 2.27. The molecule has 4 rings (SSSR count). The summed E-state index contributed by atoms with van der Waals surface area (Å²) in [6.07, 6.45) is 3.24. The lowest BCUT2D eigenvalue weighted by Crippen LogP contribution is -2.28. The third-order valence-corrected chi connectivity index (χ3v) is 7.57. The Hall–Kier alpha value is -2.56. The van der Waals surface area contributed by atoms with Crippen LogP contribution in [0.4, 0.5) is 5.69 Å². The number of fused-ring (bicyclic) bond motifs is 1. The van der Waals surface area contributed by atoms with Crippen molar-refractivity contribution >= 4 is 43.2 Å². The lowest BCUT2D eigenvalue weighted by atomic mass is 10.3. The number of amides is 1. The van der Waals surface area contributed by atoms with Crippen LogP contribution in [0.5, 0.6) is 0 Å². The number of aromatic nitrogens is 2. The molecule has 1 fully saturated rings. The molecule has 1 amide bonds. The Morgan fingerprint density at radius 3 is 2.79 bits per heavy atom. The maximum Gasteiger partial charge on any atom is 0.262 e. The Kier molecular flexibility index (Phi) is 5.48. The fourth-order valence-electron chi connectivity index (χ4n) is 3.31. The Balaban J connectivity index is 1.43. The minimum atomic E-state index is -3.54. The zero-order valence-corrected chi connectivity index (χ0v) is 17.2. The highest BCUT2D eigenvalue weighted by atomic mass is 32.2. The van der Waals surface area contributed by atoms with Gasteiger partial charge in [-0.3, -0.25) is 14.2 Å². The van der Waals surface area contributed by atoms with Crippen LogP contribution >= 0.6 is 11.3 Å². The molecule has 0 aliphatic carbocycles. The second kappa shape index (κ2) is 8.05. The average molecular weight is 433 g/mol. The van der Waals surface area contributed by atoms with Crippen LogP contribution in [-0.4, -0.2) is 41.3 Å². The van der Waals surface area contributed by atoms with E-state index in [1.54, 1.807) is 23.6 Å². The number of rotatable bonds is 6. The van der Waals surface area contributed by atoms with Gasteiger partial charge in [0, 0.05) is 31.7 Å². The zero-order chi connectivity index (χ0) is 20.4. The van der Waals surface area contributed by atoms with Crippen molar-refractivity contribution in [3.05, 3.63) is 52.4 Å². The first kappa shape index (κ1) is 19.7. The first-order valence-corrected chi connectivity index (χ1v) is 11.6. The van der Waals surface area contributed by atoms with Gasteiger partial charge in [0.1, 0.15) is 4.83 Å². The normalized spacial score (nSPS) is 15.0. The number of benzene rings is 1. The number of thiophene rings is 1. The lowest BCUT2D eigenvalue weighted by Gasteiger charge is -2.16. The first-order valence-electron chi connectivity index (χ1n) is 9.28. The van der Waals surface area contributed by atoms with Crippen molar-refractivity contribution in [3.8, 4) is 0 Å². The zero-order valence-electron chi connectivity index (χ0n) is 15.6. The Morgan fingerprint density at radius 1 is 1.21 bits per heavy atom. The fraction of sp³-hybridized carbons (Fsp3) is 0.316. The van der Waals surface area contributed by atoms with Crippen molar-refractivity contribution in [1.82, 2.24) is 13.9 Å². The van der Waals surface area contributed by atoms with E-state index < -0.39 is 10.0 Å². The summed E-state index contributed by atoms with van der Waals surface area (Å²) in [7, 11) is -3.54. The highest BCUT2D eigenvalue weighted by Gasteiger charge is 2.27. The molecule has 0 bridgehead atoms. The van der Waals surface area contributed by atoms with Crippen LogP contribution in [0.2, 0.25) is 0 Å². The molecule has 1 aliphatic heterocycles. The van der Waals surface area contributed by atoms with Crippen LogP contribution in [0.3, 0.4) is 0 Å². The molecule has 1 saturated heterocycles. The summed E-state index contributed by atoms with van der Waals surface area (Å²) in [5.41, 5.74) is 0.233. The van der Waals surface area contributed by atoms with E-state index in [-0.39, 0.29) is 29.3 Å². The SMILES string of the molecule is O=C(CCn1cnc2sccc2c1=O)Nc1cccc(S(=O)(=O)N2CCCC2)c1. The third kappa shape index (κ3) is 4.09. The summed E-state index contributed by atoms with van der Waals surface area (Å²) < 4.78 is 28.2. The molecule has 1 aromatic carbocycles. The molecule has 3 aromatic rings. The number of carbonyl (C=O) groups excluding carboxylic acids is 1. The van der Waals surface area contributed by atoms with Crippen molar-refractivity contribution in [2.45, 2.75) is 30.7 Å². The number of carbonyl (C=O) groups is 1. The van der Waals surface area contributed by atoms with Crippen LogP contribution in [0.15, 0.2) is 51.7 Å². The number of anilines is 1. The monoisotopic (exact) mass is 432 g/mol. The second-order valence-corrected chi connectivity index (χ2v) is 9.65. The highest BCUT2D eigenvalue weighted by molar-refractivity contribution is 7.89. The van der Waals surface area contributed by atoms with E-state index in [9.17, 15) is 18.0 Å². The van der Waals surface area contributed by atoms with Gasteiger partial charge in [0.2, 0.25) is 15.9 Å². The molecule has 29 heavy (non-hydrogen) atoms. The third-order valence-electron chi connectivity index (χ3n) is 4.85. The number of aryl methyl sites for hydroxylation is 1. The summed E-state index contributed by atoms with van der Waals surface area (Å²) in [6.45, 7) is 1.24. The van der Waals surface area contributed by atoms with E-state index in [0.29, 0.717) is 29.0 Å². The summed E-state index contributed by atoms with van der Waals surface area (Å²) in [5.74, 6) is -0.307. The lowest BCUT2D eigenvalue weighted by molar-refractivity contribution is -0.116. The fourth-order valence-corrected chi connectivity index (χ4v) is 5.60. The largest absolute Gasteiger partial charge is 0.326 e. The molecule has 0 unspecified atom stereocenters. The second-order valence-electron chi connectivity index (χ2n) is 6.82. The minimum absolute atomic E-state index is 0.0698. The minimum Gasteiger partial charge on any atom is -0.326 e. The molecule has 2 aromatic heterocycles. The molecule has 0 spiro atoms. The van der Waals surface area contributed by atoms with E-state index in [0.717, 1.165) is 12.8 Å². The van der Waals surface area contributed by atoms with Crippen molar-refractivity contribution in [1.29, 1.82) is 0 Å². The van der Waals surface area contributed by atoms with Gasteiger partial charge in [-0.15, -0.1) is 11.3 Å². The maximum absolute atomic E-state index is 12.7. The van der Waals surface area contributed by atoms with Crippen LogP contribution in [0.25, 0.3) is 10.2 Å². The molecule has 152 valence electrons. The van der Waals surface area contributed by atoms with Crippen LogP contribution in [0, 0.1) is 0 Å². The Labute approximate surface area is 171 Å². The van der Waals surface area contributed by atoms with Crippen molar-refractivity contribution in [2.24, 2.45) is 0 Å². The Morgan fingerprint density at radius 2 is 2.00 bits per heavy atom. The van der Waals surface area contributed by atoms with E-state index in [1.165, 1.54) is 38.7 Å². The van der Waals surface area contributed by atoms with Gasteiger partial charge in [0.25, 0.3) is 5.56 Å². The maximum atomic E-state index is 12.7. The number of sulfonamides is 1. The van der Waals surface area contributed by atoms with Gasteiger partial charge >= 0.3 is 0 Å². The number of nitrogens with zero attached hydrogens (tertiary/aromatic N) is 3. The van der Waals surface area contributed by atoms with E-state index in [1.807, 2.05) is 0 Å². The molecule has 1 aliphatic rings. The van der Waals surface area contributed by atoms with Crippen LogP contribution < -0.4 is 10.9 Å². The first-order chi connectivity index (χ1) is 13.9. The summed E-state index contributed by atoms with van der Waals surface area (Å²) in [6, 6.07) is 7.98. The molecule has 0 radical (unpaired) electrons. The van der Waals surface area contributed by atoms with Gasteiger partial charge in [-0.05, 0) is 42.5 Å². The number of hydrogen-bond acceptors (Lipinski definition) is 6. The van der Waals surface area contributed by atoms with Crippen LogP contribution in [-0.2, 0) is 21.4 Å². The standard InChI is InChI=1S/C19H20N4O4S2/c24-17(6-10-22-13-20-18-16(19(22)25)7-11-28-18)21-14-4-3-5-15(12-14)29(26,27)23-8-1-2-9-23/h3-5,7,11-13H,1-2,6,8-10H2,(H,21,24). The van der Waals surface area contributed by atoms with Gasteiger partial charge in [0.15, 0.2) is 0 Å². The summed E-state index contributed by atoms with van der Waals surface area (Å²) in [4.78, 5) is 29.7. The van der Waals surface area contributed by atoms with Gasteiger partial charge < -0.3 is 5.32 Å². The molecule has 10 heteroatoms. The molecular weight excluding hydrogens is 412 g/mol. The van der Waals surface area contributed by atoms with Gasteiger partial charge in [-0.2, -0.15) is 4.31 Å². The molecule has 1 N–H and O–H groups in total. The van der Waals surface area contributed by atoms with Gasteiger partial charge in [0.05, 0.1) is 16.6 Å². The molecule has 8 nitrogen and oxygen atoms in total. The topological polar surface area (TPSA) is 101 Å². The Bertz CT molecular complexity index is 1210. The molecule has 3 heterocycles. The highest BCUT2D eigenvalue weighted by Crippen LogP contribution is 2.23. The van der Waals surface area contributed by atoms with Crippen molar-refractivity contribution in [3.63, 3.8) is 0 Å². The molecule has 0 atom stereocenters. The molecule has 0 saturated carbocycles. The van der Waals surface area contributed by atoms with E-state index in [4.69, 9.17) is 0 Å². The van der Waals surface area contributed by atoms with E-state index >= 15 is 0 Å². The van der Waals surface area contributed by atoms with Gasteiger partial charge in [-0.25, -0.2) is 13.4 Å². The number of hydrogen-bond donors (Lipinski definition) is 1. The van der Waals surface area contributed by atoms with E-state index in [2.05, 4.69) is 10.3 Å². The van der Waals surface area contributed by atoms with Crippen molar-refractivity contribution < 1.29 is 13.2 Å². The summed E-state index contributed by atoms with van der Waals surface area (Å²) in [5, 5.41) is 5.06. The predicted molar refractivity (Wildman–Crippen MR) is 112 cm³/mol.